The lowest BCUT2D eigenvalue weighted by atomic mass is 10.0. The van der Waals surface area contributed by atoms with E-state index in [4.69, 9.17) is 24.1 Å². The Kier molecular flexibility index (Phi) is 10.9. The molecule has 32 heavy (non-hydrogen) atoms. The van der Waals surface area contributed by atoms with Gasteiger partial charge in [-0.25, -0.2) is 4.79 Å². The van der Waals surface area contributed by atoms with Crippen LogP contribution in [0.15, 0.2) is 48.5 Å². The Labute approximate surface area is 193 Å². The Bertz CT molecular complexity index is 860. The van der Waals surface area contributed by atoms with Crippen LogP contribution in [0, 0.1) is 6.92 Å². The largest absolute Gasteiger partial charge is 0.491 e. The van der Waals surface area contributed by atoms with Crippen molar-refractivity contribution in [2.45, 2.75) is 25.6 Å². The van der Waals surface area contributed by atoms with Crippen LogP contribution in [0.25, 0.3) is 0 Å². The molecule has 0 aromatic heterocycles. The molecule has 0 aliphatic rings. The first-order valence-electron chi connectivity index (χ1n) is 10.1. The average molecular weight is 464 g/mol. The van der Waals surface area contributed by atoms with Crippen LogP contribution in [-0.4, -0.2) is 56.0 Å². The molecule has 0 spiro atoms. The number of para-hydroxylation sites is 1. The van der Waals surface area contributed by atoms with E-state index < -0.39 is 24.3 Å². The van der Waals surface area contributed by atoms with Gasteiger partial charge in [0.15, 0.2) is 6.10 Å². The molecule has 0 fully saturated rings. The van der Waals surface area contributed by atoms with Crippen LogP contribution >= 0.6 is 12.6 Å². The highest BCUT2D eigenvalue weighted by atomic mass is 32.1. The lowest BCUT2D eigenvalue weighted by Gasteiger charge is -2.27. The molecule has 9 heteroatoms. The highest BCUT2D eigenvalue weighted by Crippen LogP contribution is 2.33. The van der Waals surface area contributed by atoms with E-state index in [0.717, 1.165) is 5.56 Å². The van der Waals surface area contributed by atoms with Gasteiger partial charge in [0.25, 0.3) is 0 Å². The first-order valence-corrected chi connectivity index (χ1v) is 10.8. The van der Waals surface area contributed by atoms with Gasteiger partial charge < -0.3 is 24.1 Å². The highest BCUT2D eigenvalue weighted by Gasteiger charge is 2.30. The number of thiol groups is 1. The molecule has 0 saturated heterocycles. The SMILES string of the molecule is CO[C@@H](CCOC(=O)CS)[C@@H](OC(=O)Nc1ccc(C)cc1)c1ccccc1OCCO. The third-order valence-electron chi connectivity index (χ3n) is 4.54. The van der Waals surface area contributed by atoms with Gasteiger partial charge in [0.1, 0.15) is 18.5 Å². The number of amides is 1. The molecule has 0 aliphatic carbocycles. The molecule has 174 valence electrons. The molecule has 2 N–H and O–H groups in total. The summed E-state index contributed by atoms with van der Waals surface area (Å²) in [6, 6.07) is 14.3. The predicted octanol–water partition coefficient (Wildman–Crippen LogP) is 3.53. The van der Waals surface area contributed by atoms with Crippen molar-refractivity contribution in [3.63, 3.8) is 0 Å². The van der Waals surface area contributed by atoms with E-state index in [2.05, 4.69) is 17.9 Å². The normalized spacial score (nSPS) is 12.5. The number of ether oxygens (including phenoxy) is 4. The molecule has 0 aliphatic heterocycles. The minimum absolute atomic E-state index is 0.0334. The van der Waals surface area contributed by atoms with Crippen molar-refractivity contribution in [3.8, 4) is 5.75 Å². The molecule has 2 rings (SSSR count). The zero-order chi connectivity index (χ0) is 23.3. The maximum Gasteiger partial charge on any atom is 0.412 e. The van der Waals surface area contributed by atoms with E-state index in [0.29, 0.717) is 17.0 Å². The molecular weight excluding hydrogens is 434 g/mol. The van der Waals surface area contributed by atoms with Gasteiger partial charge in [0, 0.05) is 24.8 Å². The fourth-order valence-corrected chi connectivity index (χ4v) is 3.06. The summed E-state index contributed by atoms with van der Waals surface area (Å²) in [6.07, 6.45) is -1.90. The van der Waals surface area contributed by atoms with Crippen molar-refractivity contribution >= 4 is 30.4 Å². The van der Waals surface area contributed by atoms with Crippen LogP contribution < -0.4 is 10.1 Å². The summed E-state index contributed by atoms with van der Waals surface area (Å²) < 4.78 is 22.1. The molecule has 0 radical (unpaired) electrons. The van der Waals surface area contributed by atoms with Crippen LogP contribution in [-0.2, 0) is 19.0 Å². The molecule has 2 aromatic rings. The average Bonchev–Trinajstić information content (AvgIpc) is 2.81. The Morgan fingerprint density at radius 3 is 2.47 bits per heavy atom. The number of hydrogen-bond donors (Lipinski definition) is 3. The summed E-state index contributed by atoms with van der Waals surface area (Å²) >= 11 is 3.89. The zero-order valence-electron chi connectivity index (χ0n) is 18.2. The summed E-state index contributed by atoms with van der Waals surface area (Å²) in [7, 11) is 1.48. The molecule has 2 atom stereocenters. The fraction of sp³-hybridized carbons (Fsp3) is 0.391. The van der Waals surface area contributed by atoms with Crippen molar-refractivity contribution in [3.05, 3.63) is 59.7 Å². The maximum atomic E-state index is 12.7. The van der Waals surface area contributed by atoms with E-state index in [-0.39, 0.29) is 32.0 Å². The van der Waals surface area contributed by atoms with Crippen LogP contribution in [0.4, 0.5) is 10.5 Å². The van der Waals surface area contributed by atoms with Gasteiger partial charge >= 0.3 is 12.1 Å². The van der Waals surface area contributed by atoms with Gasteiger partial charge in [-0.2, -0.15) is 12.6 Å². The minimum Gasteiger partial charge on any atom is -0.491 e. The van der Waals surface area contributed by atoms with Gasteiger partial charge in [-0.3, -0.25) is 10.1 Å². The molecule has 0 bridgehead atoms. The van der Waals surface area contributed by atoms with E-state index in [1.54, 1.807) is 36.4 Å². The topological polar surface area (TPSA) is 103 Å². The molecule has 0 unspecified atom stereocenters. The third-order valence-corrected chi connectivity index (χ3v) is 4.80. The number of carbonyl (C=O) groups excluding carboxylic acids is 2. The first-order chi connectivity index (χ1) is 15.5. The molecule has 1 amide bonds. The second-order valence-corrected chi connectivity index (χ2v) is 7.18. The Balaban J connectivity index is 2.24. The number of nitrogens with one attached hydrogen (secondary N) is 1. The summed E-state index contributed by atoms with van der Waals surface area (Å²) in [4.78, 5) is 24.1. The first kappa shape index (κ1) is 25.5. The van der Waals surface area contributed by atoms with Crippen molar-refractivity contribution in [2.24, 2.45) is 0 Å². The highest BCUT2D eigenvalue weighted by molar-refractivity contribution is 7.81. The van der Waals surface area contributed by atoms with E-state index in [1.165, 1.54) is 7.11 Å². The monoisotopic (exact) mass is 463 g/mol. The Morgan fingerprint density at radius 1 is 1.09 bits per heavy atom. The van der Waals surface area contributed by atoms with Crippen molar-refractivity contribution < 1.29 is 33.6 Å². The quantitative estimate of drug-likeness (QED) is 0.327. The van der Waals surface area contributed by atoms with Crippen molar-refractivity contribution in [1.82, 2.24) is 0 Å². The van der Waals surface area contributed by atoms with Crippen LogP contribution in [0.3, 0.4) is 0 Å². The lowest BCUT2D eigenvalue weighted by Crippen LogP contribution is -2.30. The van der Waals surface area contributed by atoms with Gasteiger partial charge in [0.05, 0.1) is 19.0 Å². The predicted molar refractivity (Wildman–Crippen MR) is 123 cm³/mol. The molecule has 8 nitrogen and oxygen atoms in total. The van der Waals surface area contributed by atoms with Crippen molar-refractivity contribution in [1.29, 1.82) is 0 Å². The number of anilines is 1. The van der Waals surface area contributed by atoms with Gasteiger partial charge in [-0.15, -0.1) is 0 Å². The summed E-state index contributed by atoms with van der Waals surface area (Å²) in [6.45, 7) is 1.93. The summed E-state index contributed by atoms with van der Waals surface area (Å²) in [5, 5.41) is 11.8. The minimum atomic E-state index is -0.866. The van der Waals surface area contributed by atoms with Gasteiger partial charge in [0.2, 0.25) is 0 Å². The number of aliphatic hydroxyl groups is 1. The smallest absolute Gasteiger partial charge is 0.412 e. The van der Waals surface area contributed by atoms with E-state index in [1.807, 2.05) is 19.1 Å². The third kappa shape index (κ3) is 8.07. The number of aryl methyl sites for hydroxylation is 1. The standard InChI is InChI=1S/C23H29NO7S/c1-16-7-9-17(10-8-16)24-23(27)31-22(20(28-2)11-13-30-21(26)15-32)18-5-3-4-6-19(18)29-14-12-25/h3-10,20,22,25,32H,11-15H2,1-2H3,(H,24,27)/t20-,22-/m0/s1. The molecule has 0 saturated carbocycles. The molecule has 2 aromatic carbocycles. The van der Waals surface area contributed by atoms with Crippen molar-refractivity contribution in [2.75, 3.05) is 38.0 Å². The number of methoxy groups -OCH3 is 1. The van der Waals surface area contributed by atoms with Crippen LogP contribution in [0.1, 0.15) is 23.7 Å². The number of esters is 1. The van der Waals surface area contributed by atoms with Crippen LogP contribution in [0.2, 0.25) is 0 Å². The second-order valence-electron chi connectivity index (χ2n) is 6.87. The zero-order valence-corrected chi connectivity index (χ0v) is 19.0. The lowest BCUT2D eigenvalue weighted by molar-refractivity contribution is -0.141. The summed E-state index contributed by atoms with van der Waals surface area (Å²) in [5.74, 6) is -0.0394. The van der Waals surface area contributed by atoms with E-state index in [9.17, 15) is 9.59 Å². The number of benzene rings is 2. The maximum absolute atomic E-state index is 12.7. The summed E-state index contributed by atoms with van der Waals surface area (Å²) in [5.41, 5.74) is 2.21. The van der Waals surface area contributed by atoms with E-state index >= 15 is 0 Å². The Hall–Kier alpha value is -2.75. The molecular formula is C23H29NO7S. The fourth-order valence-electron chi connectivity index (χ4n) is 2.97. The number of aliphatic hydroxyl groups excluding tert-OH is 1. The Morgan fingerprint density at radius 2 is 1.81 bits per heavy atom. The number of rotatable bonds is 12. The molecule has 0 heterocycles. The van der Waals surface area contributed by atoms with Crippen LogP contribution in [0.5, 0.6) is 5.75 Å². The van der Waals surface area contributed by atoms with Gasteiger partial charge in [-0.05, 0) is 25.1 Å². The van der Waals surface area contributed by atoms with Gasteiger partial charge in [-0.1, -0.05) is 35.9 Å². The number of carbonyl (C=O) groups is 2. The second kappa shape index (κ2) is 13.6. The number of hydrogen-bond acceptors (Lipinski definition) is 8.